The van der Waals surface area contributed by atoms with Gasteiger partial charge in [-0.05, 0) is 66.5 Å². The van der Waals surface area contributed by atoms with Crippen LogP contribution in [0.4, 0.5) is 0 Å². The van der Waals surface area contributed by atoms with Crippen molar-refractivity contribution in [3.63, 3.8) is 0 Å². The third-order valence-electron chi connectivity index (χ3n) is 5.31. The van der Waals surface area contributed by atoms with Gasteiger partial charge in [0.2, 0.25) is 0 Å². The highest BCUT2D eigenvalue weighted by molar-refractivity contribution is 6.00. The number of nitrogens with zero attached hydrogens (tertiary/aromatic N) is 2. The molecule has 164 valence electrons. The van der Waals surface area contributed by atoms with E-state index in [1.165, 1.54) is 11.1 Å². The summed E-state index contributed by atoms with van der Waals surface area (Å²) in [5.74, 6) is 0.424. The van der Waals surface area contributed by atoms with Gasteiger partial charge in [0.15, 0.2) is 6.10 Å². The molecule has 1 atom stereocenters. The second-order valence-corrected chi connectivity index (χ2v) is 7.32. The maximum atomic E-state index is 12.1. The van der Waals surface area contributed by atoms with Crippen molar-refractivity contribution in [2.75, 3.05) is 19.8 Å². The van der Waals surface area contributed by atoms with E-state index in [4.69, 9.17) is 14.2 Å². The molecule has 0 radical (unpaired) electrons. The van der Waals surface area contributed by atoms with Gasteiger partial charge in [-0.25, -0.2) is 4.79 Å². The maximum Gasteiger partial charge on any atom is 0.335 e. The number of carbonyl (C=O) groups excluding carboxylic acids is 1. The Labute approximate surface area is 187 Å². The van der Waals surface area contributed by atoms with E-state index in [0.717, 1.165) is 28.0 Å². The second kappa shape index (κ2) is 10.2. The standard InChI is InChI=1S/C26H26N2O4/c1-3-30-25(26(29)31-4-2)15-18-5-7-19(8-6-18)32-14-11-22-23-16-27-12-9-20(23)21-10-13-28-17-24(21)22/h5-13,16-17,25H,3-4,14-15H2,1-2H3. The molecule has 32 heavy (non-hydrogen) atoms. The van der Waals surface area contributed by atoms with Crippen molar-refractivity contribution in [3.05, 3.63) is 84.0 Å². The minimum Gasteiger partial charge on any atom is -0.490 e. The summed E-state index contributed by atoms with van der Waals surface area (Å²) in [6, 6.07) is 11.8. The van der Waals surface area contributed by atoms with Gasteiger partial charge in [0.25, 0.3) is 0 Å². The summed E-state index contributed by atoms with van der Waals surface area (Å²) in [4.78, 5) is 20.6. The largest absolute Gasteiger partial charge is 0.490 e. The molecule has 0 saturated heterocycles. The van der Waals surface area contributed by atoms with E-state index in [9.17, 15) is 4.79 Å². The third-order valence-corrected chi connectivity index (χ3v) is 5.31. The zero-order chi connectivity index (χ0) is 22.3. The lowest BCUT2D eigenvalue weighted by Crippen LogP contribution is -2.28. The van der Waals surface area contributed by atoms with Crippen LogP contribution in [0.3, 0.4) is 0 Å². The minimum absolute atomic E-state index is 0.331. The van der Waals surface area contributed by atoms with E-state index < -0.39 is 6.10 Å². The summed E-state index contributed by atoms with van der Waals surface area (Å²) in [7, 11) is 0. The van der Waals surface area contributed by atoms with Crippen LogP contribution in [0.5, 0.6) is 5.75 Å². The van der Waals surface area contributed by atoms with Gasteiger partial charge < -0.3 is 14.2 Å². The average Bonchev–Trinajstić information content (AvgIpc) is 3.14. The smallest absolute Gasteiger partial charge is 0.335 e. The Morgan fingerprint density at radius 2 is 1.56 bits per heavy atom. The van der Waals surface area contributed by atoms with Gasteiger partial charge in [0, 0.05) is 48.9 Å². The van der Waals surface area contributed by atoms with E-state index in [-0.39, 0.29) is 5.97 Å². The van der Waals surface area contributed by atoms with Crippen LogP contribution in [0.1, 0.15) is 30.5 Å². The van der Waals surface area contributed by atoms with Gasteiger partial charge in [-0.3, -0.25) is 9.97 Å². The van der Waals surface area contributed by atoms with Crippen LogP contribution in [0, 0.1) is 0 Å². The Kier molecular flexibility index (Phi) is 6.92. The van der Waals surface area contributed by atoms with Gasteiger partial charge in [-0.15, -0.1) is 0 Å². The first-order chi connectivity index (χ1) is 15.7. The number of rotatable bonds is 9. The molecule has 0 saturated carbocycles. The molecule has 0 N–H and O–H groups in total. The molecule has 1 unspecified atom stereocenters. The predicted octanol–water partition coefficient (Wildman–Crippen LogP) is 4.48. The number of benzene rings is 1. The Morgan fingerprint density at radius 1 is 0.906 bits per heavy atom. The van der Waals surface area contributed by atoms with Crippen LogP contribution >= 0.6 is 0 Å². The van der Waals surface area contributed by atoms with E-state index in [1.807, 2.05) is 68.1 Å². The number of pyridine rings is 2. The van der Waals surface area contributed by atoms with Crippen molar-refractivity contribution >= 4 is 11.5 Å². The molecule has 4 rings (SSSR count). The summed E-state index contributed by atoms with van der Waals surface area (Å²) in [5, 5.41) is 0. The SMILES string of the molecule is CCOC(=O)C(Cc1ccc(OCC=C2c3cnccc3-c3ccncc32)cc1)OCC. The molecule has 6 nitrogen and oxygen atoms in total. The van der Waals surface area contributed by atoms with Crippen molar-refractivity contribution < 1.29 is 19.0 Å². The van der Waals surface area contributed by atoms with Crippen molar-refractivity contribution in [1.82, 2.24) is 9.97 Å². The quantitative estimate of drug-likeness (QED) is 0.365. The zero-order valence-corrected chi connectivity index (χ0v) is 18.3. The van der Waals surface area contributed by atoms with E-state index in [2.05, 4.69) is 16.0 Å². The molecule has 3 aromatic rings. The highest BCUT2D eigenvalue weighted by Crippen LogP contribution is 2.42. The zero-order valence-electron chi connectivity index (χ0n) is 18.3. The molecule has 2 aromatic heterocycles. The molecule has 2 heterocycles. The lowest BCUT2D eigenvalue weighted by molar-refractivity contribution is -0.156. The fourth-order valence-corrected chi connectivity index (χ4v) is 3.86. The molecule has 6 heteroatoms. The van der Waals surface area contributed by atoms with Gasteiger partial charge >= 0.3 is 5.97 Å². The topological polar surface area (TPSA) is 70.5 Å². The summed E-state index contributed by atoms with van der Waals surface area (Å²) in [6.07, 6.45) is 9.31. The lowest BCUT2D eigenvalue weighted by Gasteiger charge is -2.15. The molecule has 1 aliphatic carbocycles. The fourth-order valence-electron chi connectivity index (χ4n) is 3.86. The Hall–Kier alpha value is -3.51. The first-order valence-electron chi connectivity index (χ1n) is 10.8. The first-order valence-corrected chi connectivity index (χ1v) is 10.8. The fraction of sp³-hybridized carbons (Fsp3) is 0.269. The normalized spacial score (nSPS) is 12.6. The van der Waals surface area contributed by atoms with E-state index in [1.54, 1.807) is 6.92 Å². The van der Waals surface area contributed by atoms with Crippen LogP contribution in [-0.2, 0) is 20.7 Å². The number of hydrogen-bond acceptors (Lipinski definition) is 6. The number of esters is 1. The van der Waals surface area contributed by atoms with Gasteiger partial charge in [0.05, 0.1) is 6.61 Å². The number of carbonyl (C=O) groups is 1. The second-order valence-electron chi connectivity index (χ2n) is 7.32. The molecule has 1 aliphatic rings. The third kappa shape index (κ3) is 4.70. The molecular weight excluding hydrogens is 404 g/mol. The molecule has 0 bridgehead atoms. The van der Waals surface area contributed by atoms with Crippen molar-refractivity contribution in [1.29, 1.82) is 0 Å². The Bertz CT molecular complexity index is 1060. The predicted molar refractivity (Wildman–Crippen MR) is 122 cm³/mol. The first kappa shape index (κ1) is 21.7. The highest BCUT2D eigenvalue weighted by Gasteiger charge is 2.23. The molecule has 0 amide bonds. The van der Waals surface area contributed by atoms with E-state index >= 15 is 0 Å². The van der Waals surface area contributed by atoms with Crippen molar-refractivity contribution in [2.24, 2.45) is 0 Å². The number of fused-ring (bicyclic) bond motifs is 3. The van der Waals surface area contributed by atoms with Crippen molar-refractivity contribution in [2.45, 2.75) is 26.4 Å². The Morgan fingerprint density at radius 3 is 2.16 bits per heavy atom. The van der Waals surface area contributed by atoms with Gasteiger partial charge in [-0.2, -0.15) is 0 Å². The average molecular weight is 431 g/mol. The molecular formula is C26H26N2O4. The van der Waals surface area contributed by atoms with E-state index in [0.29, 0.717) is 26.2 Å². The maximum absolute atomic E-state index is 12.1. The highest BCUT2D eigenvalue weighted by atomic mass is 16.6. The Balaban J connectivity index is 1.42. The van der Waals surface area contributed by atoms with Gasteiger partial charge in [0.1, 0.15) is 12.4 Å². The monoisotopic (exact) mass is 430 g/mol. The van der Waals surface area contributed by atoms with Crippen molar-refractivity contribution in [3.8, 4) is 16.9 Å². The molecule has 1 aromatic carbocycles. The summed E-state index contributed by atoms with van der Waals surface area (Å²) < 4.78 is 16.6. The summed E-state index contributed by atoms with van der Waals surface area (Å²) >= 11 is 0. The van der Waals surface area contributed by atoms with Gasteiger partial charge in [-0.1, -0.05) is 12.1 Å². The number of aromatic nitrogens is 2. The summed E-state index contributed by atoms with van der Waals surface area (Å²) in [5.41, 5.74) is 6.59. The lowest BCUT2D eigenvalue weighted by atomic mass is 10.1. The van der Waals surface area contributed by atoms with Crippen LogP contribution in [0.15, 0.2) is 67.3 Å². The minimum atomic E-state index is -0.596. The molecule has 0 aliphatic heterocycles. The molecule has 0 spiro atoms. The van der Waals surface area contributed by atoms with Crippen LogP contribution in [0.2, 0.25) is 0 Å². The number of hydrogen-bond donors (Lipinski definition) is 0. The van der Waals surface area contributed by atoms with Crippen LogP contribution < -0.4 is 4.74 Å². The van der Waals surface area contributed by atoms with Crippen LogP contribution in [-0.4, -0.2) is 41.9 Å². The summed E-state index contributed by atoms with van der Waals surface area (Å²) in [6.45, 7) is 4.87. The number of ether oxygens (including phenoxy) is 3. The molecule has 0 fully saturated rings. The van der Waals surface area contributed by atoms with Crippen LogP contribution in [0.25, 0.3) is 16.7 Å².